The summed E-state index contributed by atoms with van der Waals surface area (Å²) in [6, 6.07) is 0.492. The van der Waals surface area contributed by atoms with Crippen LogP contribution in [0.15, 0.2) is 11.6 Å². The van der Waals surface area contributed by atoms with Crippen LogP contribution in [0, 0.1) is 11.8 Å². The van der Waals surface area contributed by atoms with Gasteiger partial charge in [0, 0.05) is 12.6 Å². The molecule has 0 aromatic carbocycles. The molecule has 0 aromatic rings. The van der Waals surface area contributed by atoms with Crippen LogP contribution in [0.1, 0.15) is 46.5 Å². The minimum Gasteiger partial charge on any atom is -0.396 e. The highest BCUT2D eigenvalue weighted by Crippen LogP contribution is 2.27. The van der Waals surface area contributed by atoms with Gasteiger partial charge in [-0.15, -0.1) is 0 Å². The zero-order chi connectivity index (χ0) is 12.0. The van der Waals surface area contributed by atoms with Crippen molar-refractivity contribution >= 4 is 0 Å². The monoisotopic (exact) mass is 225 g/mol. The van der Waals surface area contributed by atoms with Crippen LogP contribution in [0.4, 0.5) is 0 Å². The van der Waals surface area contributed by atoms with E-state index in [-0.39, 0.29) is 0 Å². The summed E-state index contributed by atoms with van der Waals surface area (Å²) in [5, 5.41) is 12.5. The van der Waals surface area contributed by atoms with Crippen molar-refractivity contribution in [3.8, 4) is 0 Å². The van der Waals surface area contributed by atoms with Crippen molar-refractivity contribution in [1.82, 2.24) is 5.32 Å². The Labute approximate surface area is 100 Å². The molecule has 0 radical (unpaired) electrons. The summed E-state index contributed by atoms with van der Waals surface area (Å²) in [4.78, 5) is 0. The Morgan fingerprint density at radius 3 is 2.88 bits per heavy atom. The molecule has 0 saturated heterocycles. The van der Waals surface area contributed by atoms with Gasteiger partial charge in [0.15, 0.2) is 0 Å². The normalized spacial score (nSPS) is 27.6. The van der Waals surface area contributed by atoms with Crippen LogP contribution in [-0.4, -0.2) is 24.3 Å². The van der Waals surface area contributed by atoms with Crippen LogP contribution in [0.5, 0.6) is 0 Å². The zero-order valence-electron chi connectivity index (χ0n) is 11.0. The molecule has 3 unspecified atom stereocenters. The number of allylic oxidation sites excluding steroid dienone is 2. The van der Waals surface area contributed by atoms with E-state index in [9.17, 15) is 0 Å². The van der Waals surface area contributed by atoms with Crippen molar-refractivity contribution < 1.29 is 5.11 Å². The molecular weight excluding hydrogens is 198 g/mol. The molecule has 0 saturated carbocycles. The fraction of sp³-hybridized carbons (Fsp3) is 0.857. The standard InChI is InChI=1S/C14H27NO/c1-4-14(5-6-16)15-10-13-8-11(2)7-12(3)9-13/h7,11,13-16H,4-6,8-10H2,1-3H3. The van der Waals surface area contributed by atoms with E-state index in [1.54, 1.807) is 5.57 Å². The van der Waals surface area contributed by atoms with Crippen molar-refractivity contribution in [1.29, 1.82) is 0 Å². The predicted octanol–water partition coefficient (Wildman–Crippen LogP) is 2.73. The fourth-order valence-corrected chi connectivity index (χ4v) is 2.78. The molecule has 3 atom stereocenters. The Hall–Kier alpha value is -0.340. The van der Waals surface area contributed by atoms with Gasteiger partial charge < -0.3 is 10.4 Å². The largest absolute Gasteiger partial charge is 0.396 e. The van der Waals surface area contributed by atoms with Gasteiger partial charge in [-0.2, -0.15) is 0 Å². The highest BCUT2D eigenvalue weighted by Gasteiger charge is 2.18. The highest BCUT2D eigenvalue weighted by molar-refractivity contribution is 5.06. The molecule has 0 bridgehead atoms. The smallest absolute Gasteiger partial charge is 0.0445 e. The van der Waals surface area contributed by atoms with E-state index in [4.69, 9.17) is 5.11 Å². The first-order valence-electron chi connectivity index (χ1n) is 6.67. The molecule has 2 nitrogen and oxygen atoms in total. The summed E-state index contributed by atoms with van der Waals surface area (Å²) in [7, 11) is 0. The molecule has 1 aliphatic carbocycles. The average molecular weight is 225 g/mol. The van der Waals surface area contributed by atoms with Crippen molar-refractivity contribution in [3.63, 3.8) is 0 Å². The van der Waals surface area contributed by atoms with Crippen molar-refractivity contribution in [3.05, 3.63) is 11.6 Å². The lowest BCUT2D eigenvalue weighted by Gasteiger charge is -2.27. The maximum Gasteiger partial charge on any atom is 0.0445 e. The van der Waals surface area contributed by atoms with Crippen LogP contribution >= 0.6 is 0 Å². The van der Waals surface area contributed by atoms with E-state index >= 15 is 0 Å². The summed E-state index contributed by atoms with van der Waals surface area (Å²) in [6.07, 6.45) is 6.94. The van der Waals surface area contributed by atoms with Gasteiger partial charge in [0.25, 0.3) is 0 Å². The number of hydrogen-bond donors (Lipinski definition) is 2. The molecule has 0 heterocycles. The fourth-order valence-electron chi connectivity index (χ4n) is 2.78. The first kappa shape index (κ1) is 13.7. The van der Waals surface area contributed by atoms with E-state index in [1.807, 2.05) is 0 Å². The first-order chi connectivity index (χ1) is 7.65. The number of nitrogens with one attached hydrogen (secondary N) is 1. The van der Waals surface area contributed by atoms with Gasteiger partial charge in [-0.3, -0.25) is 0 Å². The molecule has 2 heteroatoms. The Kier molecular flexibility index (Phi) is 6.07. The summed E-state index contributed by atoms with van der Waals surface area (Å²) < 4.78 is 0. The molecule has 1 rings (SSSR count). The lowest BCUT2D eigenvalue weighted by atomic mass is 9.83. The second kappa shape index (κ2) is 7.08. The van der Waals surface area contributed by atoms with Gasteiger partial charge in [-0.05, 0) is 51.0 Å². The van der Waals surface area contributed by atoms with Crippen molar-refractivity contribution in [2.24, 2.45) is 11.8 Å². The molecule has 2 N–H and O–H groups in total. The van der Waals surface area contributed by atoms with Crippen LogP contribution in [-0.2, 0) is 0 Å². The van der Waals surface area contributed by atoms with Gasteiger partial charge >= 0.3 is 0 Å². The zero-order valence-corrected chi connectivity index (χ0v) is 11.0. The SMILES string of the molecule is CCC(CCO)NCC1CC(C)=CC(C)C1. The van der Waals surface area contributed by atoms with Gasteiger partial charge in [-0.1, -0.05) is 25.5 Å². The Bertz CT molecular complexity index is 225. The second-order valence-electron chi connectivity index (χ2n) is 5.32. The molecule has 1 aliphatic rings. The molecule has 0 aromatic heterocycles. The second-order valence-corrected chi connectivity index (χ2v) is 5.32. The van der Waals surface area contributed by atoms with E-state index in [0.29, 0.717) is 12.6 Å². The highest BCUT2D eigenvalue weighted by atomic mass is 16.3. The van der Waals surface area contributed by atoms with E-state index in [2.05, 4.69) is 32.2 Å². The third-order valence-electron chi connectivity index (χ3n) is 3.55. The van der Waals surface area contributed by atoms with Gasteiger partial charge in [0.1, 0.15) is 0 Å². The predicted molar refractivity (Wildman–Crippen MR) is 69.4 cm³/mol. The van der Waals surface area contributed by atoms with Gasteiger partial charge in [-0.25, -0.2) is 0 Å². The minimum absolute atomic E-state index is 0.297. The quantitative estimate of drug-likeness (QED) is 0.681. The molecular formula is C14H27NO. The van der Waals surface area contributed by atoms with Crippen molar-refractivity contribution in [2.75, 3.05) is 13.2 Å². The minimum atomic E-state index is 0.297. The number of rotatable bonds is 6. The number of aliphatic hydroxyl groups excluding tert-OH is 1. The van der Waals surface area contributed by atoms with Crippen LogP contribution < -0.4 is 5.32 Å². The lowest BCUT2D eigenvalue weighted by molar-refractivity contribution is 0.255. The Balaban J connectivity index is 2.29. The molecule has 0 amide bonds. The van der Waals surface area contributed by atoms with Crippen LogP contribution in [0.3, 0.4) is 0 Å². The number of aliphatic hydroxyl groups is 1. The Morgan fingerprint density at radius 1 is 1.56 bits per heavy atom. The maximum atomic E-state index is 8.94. The van der Waals surface area contributed by atoms with Gasteiger partial charge in [0.2, 0.25) is 0 Å². The molecule has 0 spiro atoms. The summed E-state index contributed by atoms with van der Waals surface area (Å²) in [5.74, 6) is 1.52. The summed E-state index contributed by atoms with van der Waals surface area (Å²) in [6.45, 7) is 8.13. The Morgan fingerprint density at radius 2 is 2.31 bits per heavy atom. The average Bonchev–Trinajstić information content (AvgIpc) is 2.23. The van der Waals surface area contributed by atoms with Crippen LogP contribution in [0.25, 0.3) is 0 Å². The van der Waals surface area contributed by atoms with E-state index in [1.165, 1.54) is 12.8 Å². The molecule has 0 aliphatic heterocycles. The number of hydrogen-bond acceptors (Lipinski definition) is 2. The molecule has 0 fully saturated rings. The summed E-state index contributed by atoms with van der Waals surface area (Å²) >= 11 is 0. The van der Waals surface area contributed by atoms with Crippen LogP contribution in [0.2, 0.25) is 0 Å². The molecule has 94 valence electrons. The first-order valence-corrected chi connectivity index (χ1v) is 6.67. The third kappa shape index (κ3) is 4.67. The van der Waals surface area contributed by atoms with Gasteiger partial charge in [0.05, 0.1) is 0 Å². The summed E-state index contributed by atoms with van der Waals surface area (Å²) in [5.41, 5.74) is 1.54. The molecule has 16 heavy (non-hydrogen) atoms. The lowest BCUT2D eigenvalue weighted by Crippen LogP contribution is -2.35. The third-order valence-corrected chi connectivity index (χ3v) is 3.55. The van der Waals surface area contributed by atoms with E-state index in [0.717, 1.165) is 31.2 Å². The maximum absolute atomic E-state index is 8.94. The topological polar surface area (TPSA) is 32.3 Å². The van der Waals surface area contributed by atoms with E-state index < -0.39 is 0 Å². The van der Waals surface area contributed by atoms with Crippen molar-refractivity contribution in [2.45, 2.75) is 52.5 Å².